The molecule has 0 aromatic carbocycles. The van der Waals surface area contributed by atoms with Crippen LogP contribution in [-0.4, -0.2) is 17.5 Å². The second-order valence-electron chi connectivity index (χ2n) is 1.06. The first kappa shape index (κ1) is 16.7. The molecule has 7 nitrogen and oxygen atoms in total. The van der Waals surface area contributed by atoms with Gasteiger partial charge < -0.3 is 17.6 Å². The highest BCUT2D eigenvalue weighted by molar-refractivity contribution is 7.32. The van der Waals surface area contributed by atoms with Crippen LogP contribution in [0.3, 0.4) is 0 Å². The largest absolute Gasteiger partial charge is 0.694 e. The SMILES string of the molecule is CCO[P+](=O)O.N.NC(N)=O. The van der Waals surface area contributed by atoms with Gasteiger partial charge in [-0.05, 0) is 6.92 Å². The summed E-state index contributed by atoms with van der Waals surface area (Å²) in [5, 5.41) is 0. The van der Waals surface area contributed by atoms with Crippen LogP contribution >= 0.6 is 8.25 Å². The van der Waals surface area contributed by atoms with Crippen LogP contribution in [0.15, 0.2) is 0 Å². The van der Waals surface area contributed by atoms with Crippen LogP contribution in [0.5, 0.6) is 0 Å². The zero-order chi connectivity index (χ0) is 8.57. The van der Waals surface area contributed by atoms with Gasteiger partial charge in [0.1, 0.15) is 6.61 Å². The highest BCUT2D eigenvalue weighted by Crippen LogP contribution is 2.12. The topological polar surface area (TPSA) is 151 Å². The summed E-state index contributed by atoms with van der Waals surface area (Å²) in [6.07, 6.45) is 0. The first-order chi connectivity index (χ1) is 4.50. The first-order valence-electron chi connectivity index (χ1n) is 2.34. The number of carbonyl (C=O) groups is 1. The summed E-state index contributed by atoms with van der Waals surface area (Å²) in [4.78, 5) is 16.8. The Labute approximate surface area is 65.2 Å². The highest BCUT2D eigenvalue weighted by atomic mass is 31.1. The lowest BCUT2D eigenvalue weighted by molar-refractivity contribution is 0.256. The van der Waals surface area contributed by atoms with Crippen LogP contribution in [0, 0.1) is 0 Å². The van der Waals surface area contributed by atoms with E-state index in [2.05, 4.69) is 16.0 Å². The third-order valence-corrected chi connectivity index (χ3v) is 0.719. The first-order valence-corrected chi connectivity index (χ1v) is 3.47. The van der Waals surface area contributed by atoms with E-state index in [1.54, 1.807) is 6.92 Å². The molecule has 0 aromatic heterocycles. The minimum absolute atomic E-state index is 0. The third-order valence-electron chi connectivity index (χ3n) is 0.240. The Hall–Kier alpha value is -0.750. The molecule has 1 unspecified atom stereocenters. The lowest BCUT2D eigenvalue weighted by atomic mass is 10.9. The van der Waals surface area contributed by atoms with Crippen molar-refractivity contribution in [1.29, 1.82) is 0 Å². The number of primary amides is 2. The van der Waals surface area contributed by atoms with Crippen LogP contribution in [0.25, 0.3) is 0 Å². The van der Waals surface area contributed by atoms with Crippen molar-refractivity contribution in [2.75, 3.05) is 6.61 Å². The Morgan fingerprint density at radius 2 is 1.91 bits per heavy atom. The quantitative estimate of drug-likeness (QED) is 0.442. The van der Waals surface area contributed by atoms with Gasteiger partial charge in [0.25, 0.3) is 0 Å². The molecule has 0 aliphatic rings. The highest BCUT2D eigenvalue weighted by Gasteiger charge is 2.06. The van der Waals surface area contributed by atoms with Gasteiger partial charge in [-0.15, -0.1) is 9.42 Å². The molecule has 0 aliphatic heterocycles. The van der Waals surface area contributed by atoms with Crippen molar-refractivity contribution in [3.05, 3.63) is 0 Å². The van der Waals surface area contributed by atoms with E-state index in [9.17, 15) is 4.57 Å². The molecular formula is C3H13N3O4P+. The molecular weight excluding hydrogens is 173 g/mol. The number of urea groups is 1. The second kappa shape index (κ2) is 12.0. The third kappa shape index (κ3) is 96.0. The number of hydrogen-bond donors (Lipinski definition) is 4. The molecule has 0 fully saturated rings. The summed E-state index contributed by atoms with van der Waals surface area (Å²) in [6, 6.07) is -0.833. The molecule has 0 bridgehead atoms. The standard InChI is InChI=1S/C2H5O3P.CH4N2O.H3N/c1-2-5-6(3)4;2-1(3)4;/h2H2,1H3;(H4,2,3,4);1H3/p+1. The van der Waals surface area contributed by atoms with Crippen molar-refractivity contribution < 1.29 is 18.8 Å². The Bertz CT molecular complexity index is 115. The zero-order valence-electron chi connectivity index (χ0n) is 6.19. The molecule has 0 rings (SSSR count). The minimum atomic E-state index is -2.35. The van der Waals surface area contributed by atoms with E-state index in [-0.39, 0.29) is 6.15 Å². The van der Waals surface area contributed by atoms with Gasteiger partial charge >= 0.3 is 14.3 Å². The van der Waals surface area contributed by atoms with Crippen LogP contribution in [-0.2, 0) is 9.09 Å². The molecule has 11 heavy (non-hydrogen) atoms. The van der Waals surface area contributed by atoms with E-state index in [4.69, 9.17) is 9.69 Å². The van der Waals surface area contributed by atoms with E-state index in [1.807, 2.05) is 0 Å². The van der Waals surface area contributed by atoms with E-state index in [0.717, 1.165) is 0 Å². The molecule has 0 spiro atoms. The van der Waals surface area contributed by atoms with Crippen molar-refractivity contribution in [2.45, 2.75) is 6.92 Å². The molecule has 0 heterocycles. The van der Waals surface area contributed by atoms with Crippen molar-refractivity contribution in [1.82, 2.24) is 6.15 Å². The second-order valence-corrected chi connectivity index (χ2v) is 1.79. The summed E-state index contributed by atoms with van der Waals surface area (Å²) in [6.45, 7) is 1.95. The Morgan fingerprint density at radius 1 is 1.64 bits per heavy atom. The van der Waals surface area contributed by atoms with Crippen molar-refractivity contribution in [3.63, 3.8) is 0 Å². The van der Waals surface area contributed by atoms with Crippen molar-refractivity contribution >= 4 is 14.3 Å². The summed E-state index contributed by atoms with van der Waals surface area (Å²) < 4.78 is 13.6. The van der Waals surface area contributed by atoms with E-state index in [1.165, 1.54) is 0 Å². The maximum Gasteiger partial charge on any atom is 0.694 e. The van der Waals surface area contributed by atoms with Crippen molar-refractivity contribution in [2.24, 2.45) is 11.5 Å². The monoisotopic (exact) mass is 186 g/mol. The van der Waals surface area contributed by atoms with Crippen LogP contribution in [0.2, 0.25) is 0 Å². The fourth-order valence-corrected chi connectivity index (χ4v) is 0.331. The van der Waals surface area contributed by atoms with Gasteiger partial charge in [0, 0.05) is 4.57 Å². The zero-order valence-corrected chi connectivity index (χ0v) is 7.08. The van der Waals surface area contributed by atoms with Crippen molar-refractivity contribution in [3.8, 4) is 0 Å². The lowest BCUT2D eigenvalue weighted by Crippen LogP contribution is -2.18. The predicted octanol–water partition coefficient (Wildman–Crippen LogP) is -0.142. The van der Waals surface area contributed by atoms with Gasteiger partial charge in [0.15, 0.2) is 0 Å². The Balaban J connectivity index is -0.000000114. The number of rotatable bonds is 2. The Kier molecular flexibility index (Phi) is 18.2. The van der Waals surface area contributed by atoms with Gasteiger partial charge in [0.05, 0.1) is 0 Å². The fourth-order valence-electron chi connectivity index (χ4n) is 0.110. The van der Waals surface area contributed by atoms with Gasteiger partial charge in [-0.2, -0.15) is 0 Å². The maximum absolute atomic E-state index is 9.53. The number of amides is 2. The smallest absolute Gasteiger partial charge is 0.352 e. The van der Waals surface area contributed by atoms with E-state index >= 15 is 0 Å². The van der Waals surface area contributed by atoms with Crippen LogP contribution in [0.1, 0.15) is 6.92 Å². The number of carbonyl (C=O) groups excluding carboxylic acids is 1. The lowest BCUT2D eigenvalue weighted by Gasteiger charge is -1.68. The average molecular weight is 186 g/mol. The molecule has 0 aromatic rings. The molecule has 0 saturated heterocycles. The van der Waals surface area contributed by atoms with Gasteiger partial charge in [-0.25, -0.2) is 4.79 Å². The van der Waals surface area contributed by atoms with Gasteiger partial charge in [-0.3, -0.25) is 0 Å². The fraction of sp³-hybridized carbons (Fsp3) is 0.667. The van der Waals surface area contributed by atoms with Crippen LogP contribution < -0.4 is 17.6 Å². The molecule has 68 valence electrons. The normalized spacial score (nSPS) is 8.36. The average Bonchev–Trinajstić information content (AvgIpc) is 1.62. The van der Waals surface area contributed by atoms with E-state index < -0.39 is 14.3 Å². The minimum Gasteiger partial charge on any atom is -0.352 e. The summed E-state index contributed by atoms with van der Waals surface area (Å²) in [7, 11) is -2.35. The molecule has 8 heteroatoms. The maximum atomic E-state index is 9.53. The summed E-state index contributed by atoms with van der Waals surface area (Å²) >= 11 is 0. The molecule has 0 aliphatic carbocycles. The van der Waals surface area contributed by atoms with Gasteiger partial charge in [0.2, 0.25) is 0 Å². The number of nitrogens with two attached hydrogens (primary N) is 2. The van der Waals surface area contributed by atoms with Crippen LogP contribution in [0.4, 0.5) is 4.79 Å². The van der Waals surface area contributed by atoms with Gasteiger partial charge in [-0.1, -0.05) is 0 Å². The Morgan fingerprint density at radius 3 is 1.91 bits per heavy atom. The van der Waals surface area contributed by atoms with E-state index in [0.29, 0.717) is 6.61 Å². The molecule has 1 atom stereocenters. The number of hydrogen-bond acceptors (Lipinski definition) is 4. The summed E-state index contributed by atoms with van der Waals surface area (Å²) in [5.41, 5.74) is 8.50. The summed E-state index contributed by atoms with van der Waals surface area (Å²) in [5.74, 6) is 0. The molecule has 0 saturated carbocycles. The predicted molar refractivity (Wildman–Crippen MR) is 40.2 cm³/mol. The molecule has 8 N–H and O–H groups in total. The molecule has 2 amide bonds. The molecule has 0 radical (unpaired) electrons.